The first-order chi connectivity index (χ1) is 18.3. The van der Waals surface area contributed by atoms with Crippen LogP contribution in [0.15, 0.2) is 53.6 Å². The summed E-state index contributed by atoms with van der Waals surface area (Å²) in [5.74, 6) is 0. The summed E-state index contributed by atoms with van der Waals surface area (Å²) in [7, 11) is 8.33. The number of hydrogen-bond donors (Lipinski definition) is 2. The normalized spacial score (nSPS) is 10.7. The molecule has 0 aromatic heterocycles. The summed E-state index contributed by atoms with van der Waals surface area (Å²) in [4.78, 5) is 4.29. The monoisotopic (exact) mass is 537 g/mol. The van der Waals surface area contributed by atoms with Crippen molar-refractivity contribution >= 4 is 34.4 Å². The van der Waals surface area contributed by atoms with E-state index in [-0.39, 0.29) is 5.11 Å². The Morgan fingerprint density at radius 3 is 1.37 bits per heavy atom. The van der Waals surface area contributed by atoms with Gasteiger partial charge in [-0.25, -0.2) is 0 Å². The minimum atomic E-state index is 0.250. The van der Waals surface area contributed by atoms with Crippen LogP contribution in [0, 0.1) is 0 Å². The highest BCUT2D eigenvalue weighted by Crippen LogP contribution is 2.17. The molecule has 2 rings (SSSR count). The molecule has 0 heterocycles. The van der Waals surface area contributed by atoms with Crippen molar-refractivity contribution in [1.29, 1.82) is 0 Å². The second kappa shape index (κ2) is 18.6. The third kappa shape index (κ3) is 13.8. The van der Waals surface area contributed by atoms with Crippen molar-refractivity contribution in [3.63, 3.8) is 0 Å². The van der Waals surface area contributed by atoms with Crippen LogP contribution in [0.4, 0.5) is 11.4 Å². The van der Waals surface area contributed by atoms with Gasteiger partial charge >= 0.3 is 0 Å². The van der Waals surface area contributed by atoms with Crippen molar-refractivity contribution in [2.45, 2.75) is 89.9 Å². The highest BCUT2D eigenvalue weighted by Gasteiger charge is 2.03. The molecular weight excluding hydrogens is 486 g/mol. The maximum atomic E-state index is 5.61. The number of anilines is 2. The van der Waals surface area contributed by atoms with E-state index in [0.717, 1.165) is 12.8 Å². The van der Waals surface area contributed by atoms with Crippen LogP contribution in [-0.2, 0) is 12.8 Å². The van der Waals surface area contributed by atoms with Crippen molar-refractivity contribution in [1.82, 2.24) is 5.43 Å². The quantitative estimate of drug-likeness (QED) is 0.0842. The van der Waals surface area contributed by atoms with Gasteiger partial charge in [0.2, 0.25) is 0 Å². The van der Waals surface area contributed by atoms with Crippen molar-refractivity contribution in [3.05, 3.63) is 59.7 Å². The van der Waals surface area contributed by atoms with E-state index in [1.54, 1.807) is 0 Å². The van der Waals surface area contributed by atoms with Crippen LogP contribution in [0.1, 0.15) is 88.2 Å². The van der Waals surface area contributed by atoms with E-state index < -0.39 is 0 Å². The molecule has 0 aliphatic rings. The second-order valence-corrected chi connectivity index (χ2v) is 11.3. The summed E-state index contributed by atoms with van der Waals surface area (Å²) in [6.07, 6.45) is 16.9. The van der Waals surface area contributed by atoms with Gasteiger partial charge in [0.05, 0.1) is 0 Å². The molecule has 6 heteroatoms. The van der Waals surface area contributed by atoms with Gasteiger partial charge in [-0.2, -0.15) is 5.10 Å². The summed E-state index contributed by atoms with van der Waals surface area (Å²) in [6, 6.07) is 17.9. The molecule has 0 saturated carbocycles. The number of aryl methyl sites for hydroxylation is 2. The molecule has 210 valence electrons. The number of benzene rings is 2. The van der Waals surface area contributed by atoms with Crippen LogP contribution in [0.2, 0.25) is 0 Å². The number of hydrogen-bond acceptors (Lipinski definition) is 4. The predicted octanol–water partition coefficient (Wildman–Crippen LogP) is 7.47. The Bertz CT molecular complexity index is 868. The Morgan fingerprint density at radius 1 is 0.632 bits per heavy atom. The van der Waals surface area contributed by atoms with Gasteiger partial charge in [0, 0.05) is 45.3 Å². The maximum Gasteiger partial charge on any atom is 0.184 e. The van der Waals surface area contributed by atoms with Gasteiger partial charge in [-0.15, -0.1) is 0 Å². The fourth-order valence-electron chi connectivity index (χ4n) is 4.67. The number of hydrazone groups is 1. The first-order valence-corrected chi connectivity index (χ1v) is 14.9. The Morgan fingerprint density at radius 2 is 1.00 bits per heavy atom. The van der Waals surface area contributed by atoms with Crippen LogP contribution in [0.5, 0.6) is 0 Å². The number of nitrogens with two attached hydrogens (primary N) is 1. The van der Waals surface area contributed by atoms with Gasteiger partial charge in [-0.1, -0.05) is 62.8 Å². The topological polar surface area (TPSA) is 56.9 Å². The lowest BCUT2D eigenvalue weighted by Gasteiger charge is -2.12. The van der Waals surface area contributed by atoms with Gasteiger partial charge in [0.15, 0.2) is 5.11 Å². The molecule has 2 aromatic rings. The molecule has 5 nitrogen and oxygen atoms in total. The molecule has 2 aromatic carbocycles. The average molecular weight is 538 g/mol. The second-order valence-electron chi connectivity index (χ2n) is 10.8. The average Bonchev–Trinajstić information content (AvgIpc) is 2.90. The van der Waals surface area contributed by atoms with Gasteiger partial charge in [0.25, 0.3) is 0 Å². The zero-order chi connectivity index (χ0) is 27.6. The number of rotatable bonds is 19. The maximum absolute atomic E-state index is 5.61. The highest BCUT2D eigenvalue weighted by atomic mass is 32.1. The van der Waals surface area contributed by atoms with E-state index in [0.29, 0.717) is 0 Å². The van der Waals surface area contributed by atoms with Crippen molar-refractivity contribution in [2.24, 2.45) is 10.8 Å². The lowest BCUT2D eigenvalue weighted by molar-refractivity contribution is 0.609. The zero-order valence-electron chi connectivity index (χ0n) is 24.3. The van der Waals surface area contributed by atoms with Crippen molar-refractivity contribution in [3.8, 4) is 0 Å². The summed E-state index contributed by atoms with van der Waals surface area (Å²) in [5, 5.41) is 4.75. The van der Waals surface area contributed by atoms with E-state index in [1.165, 1.54) is 105 Å². The fraction of sp³-hybridized carbons (Fsp3) is 0.562. The van der Waals surface area contributed by atoms with E-state index in [4.69, 9.17) is 18.0 Å². The van der Waals surface area contributed by atoms with E-state index in [1.807, 2.05) is 0 Å². The summed E-state index contributed by atoms with van der Waals surface area (Å²) >= 11 is 4.96. The van der Waals surface area contributed by atoms with Crippen LogP contribution in [0.3, 0.4) is 0 Å². The molecule has 0 aliphatic carbocycles. The fourth-order valence-corrected chi connectivity index (χ4v) is 4.72. The number of unbranched alkanes of at least 4 members (excludes halogenated alkanes) is 8. The predicted molar refractivity (Wildman–Crippen MR) is 172 cm³/mol. The summed E-state index contributed by atoms with van der Waals surface area (Å²) < 4.78 is 0. The Balaban J connectivity index is 1.55. The van der Waals surface area contributed by atoms with Crippen LogP contribution in [0.25, 0.3) is 0 Å². The molecule has 0 saturated heterocycles. The van der Waals surface area contributed by atoms with Gasteiger partial charge in [-0.3, -0.25) is 5.43 Å². The van der Waals surface area contributed by atoms with Gasteiger partial charge < -0.3 is 15.5 Å². The summed E-state index contributed by atoms with van der Waals surface area (Å²) in [6.45, 7) is 0. The van der Waals surface area contributed by atoms with E-state index >= 15 is 0 Å². The standard InChI is InChI=1S/C32H51N5S/c1-36(2)30-23-19-27(20-24-30)15-11-7-5-9-13-17-29(34-35-32(33)38)18-14-10-6-8-12-16-28-21-25-31(26-22-28)37(3)4/h19-26H,5-18H2,1-4H3,(H3,33,35,38). The largest absolute Gasteiger partial charge is 0.378 e. The smallest absolute Gasteiger partial charge is 0.184 e. The number of nitrogens with one attached hydrogen (secondary N) is 1. The first-order valence-electron chi connectivity index (χ1n) is 14.5. The van der Waals surface area contributed by atoms with Gasteiger partial charge in [-0.05, 0) is 99.0 Å². The molecule has 3 N–H and O–H groups in total. The van der Waals surface area contributed by atoms with Gasteiger partial charge in [0.1, 0.15) is 0 Å². The minimum Gasteiger partial charge on any atom is -0.378 e. The van der Waals surface area contributed by atoms with Crippen LogP contribution in [-0.4, -0.2) is 39.0 Å². The molecule has 0 unspecified atom stereocenters. The van der Waals surface area contributed by atoms with E-state index in [2.05, 4.69) is 97.0 Å². The molecule has 0 bridgehead atoms. The van der Waals surface area contributed by atoms with Crippen molar-refractivity contribution in [2.75, 3.05) is 38.0 Å². The molecule has 0 aliphatic heterocycles. The minimum absolute atomic E-state index is 0.250. The first kappa shape index (κ1) is 31.6. The number of thiocarbonyl (C=S) groups is 1. The Kier molecular flexibility index (Phi) is 15.5. The zero-order valence-corrected chi connectivity index (χ0v) is 25.2. The Labute approximate surface area is 237 Å². The van der Waals surface area contributed by atoms with Crippen LogP contribution >= 0.6 is 12.2 Å². The Hall–Kier alpha value is -2.60. The lowest BCUT2D eigenvalue weighted by Crippen LogP contribution is -2.25. The third-order valence-electron chi connectivity index (χ3n) is 7.09. The molecule has 0 radical (unpaired) electrons. The number of nitrogens with zero attached hydrogens (tertiary/aromatic N) is 3. The molecular formula is C32H51N5S. The third-order valence-corrected chi connectivity index (χ3v) is 7.18. The molecule has 38 heavy (non-hydrogen) atoms. The molecule has 0 fully saturated rings. The van der Waals surface area contributed by atoms with Crippen molar-refractivity contribution < 1.29 is 0 Å². The SMILES string of the molecule is CN(C)c1ccc(CCCCCCCC(CCCCCCCc2ccc(N(C)C)cc2)=NNC(N)=S)cc1. The molecule has 0 spiro atoms. The summed E-state index contributed by atoms with van der Waals surface area (Å²) in [5.41, 5.74) is 15.0. The highest BCUT2D eigenvalue weighted by molar-refractivity contribution is 7.80. The lowest BCUT2D eigenvalue weighted by atomic mass is 10.0. The van der Waals surface area contributed by atoms with Crippen LogP contribution < -0.4 is 21.0 Å². The molecule has 0 amide bonds. The molecule has 0 atom stereocenters. The van der Waals surface area contributed by atoms with E-state index in [9.17, 15) is 0 Å².